The van der Waals surface area contributed by atoms with Gasteiger partial charge in [0.25, 0.3) is 0 Å². The van der Waals surface area contributed by atoms with Gasteiger partial charge in [-0.25, -0.2) is 9.40 Å². The number of amides is 1. The van der Waals surface area contributed by atoms with Gasteiger partial charge in [-0.3, -0.25) is 15.4 Å². The Kier molecular flexibility index (Phi) is 10.1. The minimum atomic E-state index is -1.13. The lowest BCUT2D eigenvalue weighted by molar-refractivity contribution is -0.118. The van der Waals surface area contributed by atoms with Gasteiger partial charge in [0.2, 0.25) is 5.91 Å². The molecule has 0 aliphatic rings. The molecule has 2 rings (SSSR count). The largest absolute Gasteiger partial charge is 0.394 e. The highest BCUT2D eigenvalue weighted by atomic mass is 35.5. The van der Waals surface area contributed by atoms with Crippen LogP contribution in [-0.2, 0) is 4.79 Å². The van der Waals surface area contributed by atoms with E-state index in [0.29, 0.717) is 18.4 Å². The van der Waals surface area contributed by atoms with Crippen LogP contribution in [0.15, 0.2) is 48.2 Å². The molecule has 2 aromatic rings. The Hall–Kier alpha value is -3.58. The summed E-state index contributed by atoms with van der Waals surface area (Å²) in [6.45, 7) is 4.25. The van der Waals surface area contributed by atoms with E-state index in [1.165, 1.54) is 35.5 Å². The zero-order valence-corrected chi connectivity index (χ0v) is 20.4. The van der Waals surface area contributed by atoms with Crippen molar-refractivity contribution in [2.45, 2.75) is 25.8 Å². The van der Waals surface area contributed by atoms with E-state index in [4.69, 9.17) is 22.9 Å². The molecule has 35 heavy (non-hydrogen) atoms. The van der Waals surface area contributed by atoms with Crippen LogP contribution in [0, 0.1) is 28.5 Å². The normalized spacial score (nSPS) is 13.2. The number of carbonyl (C=O) groups excluding carboxylic acids is 2. The number of nitrogens with zero attached hydrogens (tertiary/aromatic N) is 2. The van der Waals surface area contributed by atoms with Crippen LogP contribution in [-0.4, -0.2) is 43.1 Å². The number of nitrogens with two attached hydrogens (primary N) is 1. The average Bonchev–Trinajstić information content (AvgIpc) is 2.80. The predicted molar refractivity (Wildman–Crippen MR) is 135 cm³/mol. The molecule has 184 valence electrons. The summed E-state index contributed by atoms with van der Waals surface area (Å²) in [5.41, 5.74) is 1.08. The first-order chi connectivity index (χ1) is 16.6. The van der Waals surface area contributed by atoms with E-state index in [9.17, 15) is 19.2 Å². The van der Waals surface area contributed by atoms with Crippen LogP contribution in [0.4, 0.5) is 10.1 Å². The van der Waals surface area contributed by atoms with Gasteiger partial charge in [-0.05, 0) is 41.8 Å². The zero-order valence-electron chi connectivity index (χ0n) is 19.7. The quantitative estimate of drug-likeness (QED) is 0.161. The van der Waals surface area contributed by atoms with Crippen LogP contribution in [0.2, 0.25) is 5.02 Å². The number of nitriles is 1. The fourth-order valence-electron chi connectivity index (χ4n) is 3.82. The third-order valence-electron chi connectivity index (χ3n) is 5.16. The van der Waals surface area contributed by atoms with E-state index in [1.54, 1.807) is 7.05 Å². The molecule has 10 heteroatoms. The Balaban J connectivity index is 2.73. The van der Waals surface area contributed by atoms with Crippen LogP contribution in [0.5, 0.6) is 0 Å². The molecule has 0 aliphatic heterocycles. The number of anilines is 1. The molecule has 1 amide bonds. The molecule has 0 unspecified atom stereocenters. The summed E-state index contributed by atoms with van der Waals surface area (Å²) >= 11 is 6.09. The summed E-state index contributed by atoms with van der Waals surface area (Å²) in [6.07, 6.45) is 3.08. The van der Waals surface area contributed by atoms with E-state index in [2.05, 4.69) is 10.6 Å². The van der Waals surface area contributed by atoms with Crippen LogP contribution < -0.4 is 16.5 Å². The SMILES string of the molecule is CN/C=C(\C=N)[C@@H]([C@H](C(=O)Nc1cc(Cl)cc(C#N)c1)c1ccc(F)cc1C=O)N(N)CC(C)C. The molecule has 2 aromatic carbocycles. The van der Waals surface area contributed by atoms with Gasteiger partial charge in [0.15, 0.2) is 0 Å². The molecule has 0 bridgehead atoms. The second-order valence-corrected chi connectivity index (χ2v) is 8.75. The first-order valence-corrected chi connectivity index (χ1v) is 11.2. The van der Waals surface area contributed by atoms with E-state index in [-0.39, 0.29) is 33.3 Å². The van der Waals surface area contributed by atoms with Crippen molar-refractivity contribution >= 4 is 35.7 Å². The Morgan fingerprint density at radius 3 is 2.60 bits per heavy atom. The second kappa shape index (κ2) is 12.8. The zero-order chi connectivity index (χ0) is 26.1. The summed E-state index contributed by atoms with van der Waals surface area (Å²) in [5, 5.41) is 24.5. The molecule has 0 aliphatic carbocycles. The molecular weight excluding hydrogens is 471 g/mol. The van der Waals surface area contributed by atoms with Gasteiger partial charge in [-0.1, -0.05) is 31.5 Å². The van der Waals surface area contributed by atoms with E-state index in [1.807, 2.05) is 19.9 Å². The highest BCUT2D eigenvalue weighted by Crippen LogP contribution is 2.32. The lowest BCUT2D eigenvalue weighted by Gasteiger charge is -2.35. The smallest absolute Gasteiger partial charge is 0.233 e. The van der Waals surface area contributed by atoms with Gasteiger partial charge in [0.05, 0.1) is 23.6 Å². The van der Waals surface area contributed by atoms with E-state index >= 15 is 0 Å². The lowest BCUT2D eigenvalue weighted by Crippen LogP contribution is -2.51. The van der Waals surface area contributed by atoms with E-state index < -0.39 is 23.7 Å². The monoisotopic (exact) mass is 498 g/mol. The minimum Gasteiger partial charge on any atom is -0.394 e. The number of rotatable bonds is 11. The average molecular weight is 499 g/mol. The van der Waals surface area contributed by atoms with Gasteiger partial charge in [0.1, 0.15) is 12.1 Å². The van der Waals surface area contributed by atoms with Gasteiger partial charge in [-0.15, -0.1) is 0 Å². The summed E-state index contributed by atoms with van der Waals surface area (Å²) in [4.78, 5) is 25.6. The fourth-order valence-corrected chi connectivity index (χ4v) is 4.06. The first-order valence-electron chi connectivity index (χ1n) is 10.8. The number of hydrazine groups is 1. The van der Waals surface area contributed by atoms with Gasteiger partial charge < -0.3 is 16.0 Å². The second-order valence-electron chi connectivity index (χ2n) is 8.31. The van der Waals surface area contributed by atoms with Crippen LogP contribution in [0.25, 0.3) is 0 Å². The summed E-state index contributed by atoms with van der Waals surface area (Å²) in [6, 6.07) is 9.02. The number of aldehydes is 1. The van der Waals surface area contributed by atoms with Crippen molar-refractivity contribution in [3.8, 4) is 6.07 Å². The molecule has 8 nitrogen and oxygen atoms in total. The van der Waals surface area contributed by atoms with E-state index in [0.717, 1.165) is 18.3 Å². The fraction of sp³-hybridized carbons (Fsp3) is 0.280. The number of halogens is 2. The van der Waals surface area contributed by atoms with Crippen molar-refractivity contribution in [3.63, 3.8) is 0 Å². The molecule has 0 aromatic heterocycles. The highest BCUT2D eigenvalue weighted by Gasteiger charge is 2.37. The third kappa shape index (κ3) is 7.20. The summed E-state index contributed by atoms with van der Waals surface area (Å²) in [7, 11) is 1.64. The number of carbonyl (C=O) groups is 2. The molecule has 0 radical (unpaired) electrons. The Morgan fingerprint density at radius 2 is 2.03 bits per heavy atom. The number of hydrogen-bond donors (Lipinski definition) is 4. The van der Waals surface area contributed by atoms with Crippen LogP contribution >= 0.6 is 11.6 Å². The molecular formula is C25H28ClFN6O2. The van der Waals surface area contributed by atoms with Crippen LogP contribution in [0.3, 0.4) is 0 Å². The number of benzene rings is 2. The van der Waals surface area contributed by atoms with Crippen molar-refractivity contribution < 1.29 is 14.0 Å². The van der Waals surface area contributed by atoms with Gasteiger partial charge >= 0.3 is 0 Å². The predicted octanol–water partition coefficient (Wildman–Crippen LogP) is 3.84. The molecule has 0 saturated carbocycles. The van der Waals surface area contributed by atoms with Crippen molar-refractivity contribution in [3.05, 3.63) is 75.7 Å². The molecule has 5 N–H and O–H groups in total. The van der Waals surface area contributed by atoms with Crippen molar-refractivity contribution in [1.82, 2.24) is 10.3 Å². The van der Waals surface area contributed by atoms with Gasteiger partial charge in [-0.2, -0.15) is 5.26 Å². The Bertz CT molecular complexity index is 1160. The van der Waals surface area contributed by atoms with Gasteiger partial charge in [0, 0.05) is 47.9 Å². The third-order valence-corrected chi connectivity index (χ3v) is 5.37. The number of hydrogen-bond acceptors (Lipinski definition) is 7. The Morgan fingerprint density at radius 1 is 1.31 bits per heavy atom. The molecule has 0 heterocycles. The minimum absolute atomic E-state index is 0.0225. The maximum absolute atomic E-state index is 14.0. The first kappa shape index (κ1) is 27.7. The molecule has 0 saturated heterocycles. The lowest BCUT2D eigenvalue weighted by atomic mass is 9.83. The van der Waals surface area contributed by atoms with Crippen molar-refractivity contribution in [2.24, 2.45) is 11.8 Å². The maximum Gasteiger partial charge on any atom is 0.233 e. The highest BCUT2D eigenvalue weighted by molar-refractivity contribution is 6.31. The number of nitrogens with one attached hydrogen (secondary N) is 3. The topological polar surface area (TPSA) is 135 Å². The molecule has 2 atom stereocenters. The van der Waals surface area contributed by atoms with Crippen molar-refractivity contribution in [1.29, 1.82) is 10.7 Å². The molecule has 0 spiro atoms. The Labute approximate surface area is 209 Å². The standard InChI is InChI=1S/C25H28ClFN6O2/c1-15(2)13-33(30)24(18(11-29)12-31-3)23(22-5-4-20(27)8-17(22)14-34)25(35)32-21-7-16(10-28)6-19(26)9-21/h4-9,11-12,14-15,23-24,29,31H,13,30H2,1-3H3,(H,32,35)/b18-12+,29-11?/t23-,24+/m1/s1. The summed E-state index contributed by atoms with van der Waals surface area (Å²) < 4.78 is 14.0. The maximum atomic E-state index is 14.0. The molecule has 0 fully saturated rings. The van der Waals surface area contributed by atoms with Crippen LogP contribution in [0.1, 0.15) is 41.3 Å². The summed E-state index contributed by atoms with van der Waals surface area (Å²) in [5.74, 6) is 4.20. The van der Waals surface area contributed by atoms with Crippen molar-refractivity contribution in [2.75, 3.05) is 18.9 Å².